The molecule has 1 aromatic carbocycles. The lowest BCUT2D eigenvalue weighted by molar-refractivity contribution is -0.132. The Labute approximate surface area is 177 Å². The van der Waals surface area contributed by atoms with E-state index in [4.69, 9.17) is 4.74 Å². The van der Waals surface area contributed by atoms with E-state index < -0.39 is 0 Å². The van der Waals surface area contributed by atoms with Gasteiger partial charge in [0.15, 0.2) is 0 Å². The fourth-order valence-corrected chi connectivity index (χ4v) is 4.12. The van der Waals surface area contributed by atoms with E-state index in [1.165, 1.54) is 49.0 Å². The molecule has 2 fully saturated rings. The molecule has 0 unspecified atom stereocenters. The Bertz CT molecular complexity index is 767. The summed E-state index contributed by atoms with van der Waals surface area (Å²) in [6.45, 7) is 7.61. The molecule has 2 aliphatic rings. The zero-order valence-corrected chi connectivity index (χ0v) is 17.5. The van der Waals surface area contributed by atoms with Crippen LogP contribution in [0.3, 0.4) is 0 Å². The number of hydrogen-bond acceptors (Lipinski definition) is 7. The maximum atomic E-state index is 12.4. The Morgan fingerprint density at radius 1 is 0.967 bits per heavy atom. The molecule has 2 saturated heterocycles. The van der Waals surface area contributed by atoms with Crippen molar-refractivity contribution in [2.24, 2.45) is 0 Å². The van der Waals surface area contributed by atoms with Crippen LogP contribution in [0.4, 0.5) is 5.69 Å². The molecule has 2 aromatic rings. The minimum Gasteiger partial charge on any atom is -0.494 e. The summed E-state index contributed by atoms with van der Waals surface area (Å²) in [6.07, 6.45) is 6.59. The van der Waals surface area contributed by atoms with Crippen molar-refractivity contribution in [1.82, 2.24) is 30.0 Å². The third-order valence-electron chi connectivity index (χ3n) is 5.86. The third-order valence-corrected chi connectivity index (χ3v) is 5.86. The Balaban J connectivity index is 1.17. The highest BCUT2D eigenvalue weighted by molar-refractivity contribution is 5.76. The van der Waals surface area contributed by atoms with E-state index in [2.05, 4.69) is 37.5 Å². The van der Waals surface area contributed by atoms with Gasteiger partial charge in [-0.3, -0.25) is 4.79 Å². The number of likely N-dealkylation sites (tertiary alicyclic amines) is 1. The van der Waals surface area contributed by atoms with E-state index in [1.54, 1.807) is 0 Å². The predicted octanol–water partition coefficient (Wildman–Crippen LogP) is 1.28. The summed E-state index contributed by atoms with van der Waals surface area (Å²) in [4.78, 5) is 19.1. The molecule has 0 aliphatic carbocycles. The van der Waals surface area contributed by atoms with Crippen molar-refractivity contribution in [2.45, 2.75) is 32.2 Å². The maximum Gasteiger partial charge on any atom is 0.244 e. The van der Waals surface area contributed by atoms with E-state index in [0.29, 0.717) is 13.1 Å². The fourth-order valence-electron chi connectivity index (χ4n) is 4.12. The molecule has 3 heterocycles. The summed E-state index contributed by atoms with van der Waals surface area (Å²) in [7, 11) is 0. The maximum absolute atomic E-state index is 12.4. The highest BCUT2D eigenvalue weighted by atomic mass is 16.5. The molecule has 0 atom stereocenters. The standard InChI is InChI=1S/C21H31N7O2/c29-21(17-28-18-22-23-24-28)27-14-12-26(13-15-27)19-5-7-20(8-6-19)30-16-4-11-25-9-2-1-3-10-25/h5-8,18H,1-4,9-17H2. The molecule has 4 rings (SSSR count). The van der Waals surface area contributed by atoms with E-state index in [1.807, 2.05) is 17.0 Å². The van der Waals surface area contributed by atoms with E-state index >= 15 is 0 Å². The molecule has 1 aromatic heterocycles. The monoisotopic (exact) mass is 413 g/mol. The molecule has 0 bridgehead atoms. The first-order chi connectivity index (χ1) is 14.8. The number of rotatable bonds is 8. The Morgan fingerprint density at radius 2 is 1.73 bits per heavy atom. The lowest BCUT2D eigenvalue weighted by Crippen LogP contribution is -2.49. The fraction of sp³-hybridized carbons (Fsp3) is 0.619. The normalized spacial score (nSPS) is 17.9. The number of piperidine rings is 1. The van der Waals surface area contributed by atoms with Gasteiger partial charge in [-0.05, 0) is 67.0 Å². The lowest BCUT2D eigenvalue weighted by Gasteiger charge is -2.36. The van der Waals surface area contributed by atoms with E-state index in [9.17, 15) is 4.79 Å². The van der Waals surface area contributed by atoms with Gasteiger partial charge >= 0.3 is 0 Å². The second-order valence-electron chi connectivity index (χ2n) is 7.97. The van der Waals surface area contributed by atoms with Crippen molar-refractivity contribution in [3.8, 4) is 5.75 Å². The molecule has 0 saturated carbocycles. The summed E-state index contributed by atoms with van der Waals surface area (Å²) in [6, 6.07) is 8.31. The molecular weight excluding hydrogens is 382 g/mol. The number of piperazine rings is 1. The van der Waals surface area contributed by atoms with Crippen LogP contribution < -0.4 is 9.64 Å². The lowest BCUT2D eigenvalue weighted by atomic mass is 10.1. The number of benzene rings is 1. The number of carbonyl (C=O) groups excluding carboxylic acids is 1. The minimum atomic E-state index is 0.0512. The van der Waals surface area contributed by atoms with Crippen molar-refractivity contribution >= 4 is 11.6 Å². The van der Waals surface area contributed by atoms with E-state index in [0.717, 1.165) is 38.4 Å². The average molecular weight is 414 g/mol. The minimum absolute atomic E-state index is 0.0512. The van der Waals surface area contributed by atoms with Crippen LogP contribution in [0.25, 0.3) is 0 Å². The first kappa shape index (κ1) is 20.6. The largest absolute Gasteiger partial charge is 0.494 e. The number of hydrogen-bond donors (Lipinski definition) is 0. The number of aromatic nitrogens is 4. The van der Waals surface area contributed by atoms with Gasteiger partial charge in [0, 0.05) is 38.4 Å². The number of amides is 1. The Morgan fingerprint density at radius 3 is 2.43 bits per heavy atom. The van der Waals surface area contributed by atoms with Crippen LogP contribution >= 0.6 is 0 Å². The summed E-state index contributed by atoms with van der Waals surface area (Å²) in [5.41, 5.74) is 1.17. The van der Waals surface area contributed by atoms with Crippen LogP contribution in [0.2, 0.25) is 0 Å². The van der Waals surface area contributed by atoms with E-state index in [-0.39, 0.29) is 12.5 Å². The van der Waals surface area contributed by atoms with Crippen LogP contribution in [0.1, 0.15) is 25.7 Å². The molecular formula is C21H31N7O2. The molecule has 1 amide bonds. The summed E-state index contributed by atoms with van der Waals surface area (Å²) in [5.74, 6) is 0.975. The van der Waals surface area contributed by atoms with Gasteiger partial charge in [-0.1, -0.05) is 6.42 Å². The first-order valence-corrected chi connectivity index (χ1v) is 11.0. The zero-order chi connectivity index (χ0) is 20.6. The predicted molar refractivity (Wildman–Crippen MR) is 113 cm³/mol. The average Bonchev–Trinajstić information content (AvgIpc) is 3.31. The van der Waals surface area contributed by atoms with Gasteiger partial charge in [0.05, 0.1) is 6.61 Å². The van der Waals surface area contributed by atoms with Gasteiger partial charge in [0.1, 0.15) is 18.6 Å². The second-order valence-corrected chi connectivity index (χ2v) is 7.97. The van der Waals surface area contributed by atoms with Gasteiger partial charge in [-0.25, -0.2) is 4.68 Å². The van der Waals surface area contributed by atoms with Gasteiger partial charge < -0.3 is 19.4 Å². The smallest absolute Gasteiger partial charge is 0.244 e. The first-order valence-electron chi connectivity index (χ1n) is 11.0. The quantitative estimate of drug-likeness (QED) is 0.603. The Hall–Kier alpha value is -2.68. The summed E-state index contributed by atoms with van der Waals surface area (Å²) >= 11 is 0. The number of nitrogens with zero attached hydrogens (tertiary/aromatic N) is 7. The van der Waals surface area contributed by atoms with Gasteiger partial charge in [-0.15, -0.1) is 5.10 Å². The van der Waals surface area contributed by atoms with Crippen molar-refractivity contribution in [2.75, 3.05) is 57.3 Å². The van der Waals surface area contributed by atoms with Crippen LogP contribution in [-0.4, -0.2) is 88.3 Å². The highest BCUT2D eigenvalue weighted by Crippen LogP contribution is 2.21. The van der Waals surface area contributed by atoms with Crippen LogP contribution in [-0.2, 0) is 11.3 Å². The number of carbonyl (C=O) groups is 1. The molecule has 2 aliphatic heterocycles. The topological polar surface area (TPSA) is 79.6 Å². The summed E-state index contributed by atoms with van der Waals surface area (Å²) in [5, 5.41) is 10.9. The molecule has 162 valence electrons. The van der Waals surface area contributed by atoms with Gasteiger partial charge in [-0.2, -0.15) is 0 Å². The van der Waals surface area contributed by atoms with Crippen LogP contribution in [0.5, 0.6) is 5.75 Å². The van der Waals surface area contributed by atoms with Crippen LogP contribution in [0, 0.1) is 0 Å². The molecule has 0 spiro atoms. The third kappa shape index (κ3) is 5.69. The van der Waals surface area contributed by atoms with Crippen molar-refractivity contribution in [3.63, 3.8) is 0 Å². The molecule has 9 nitrogen and oxygen atoms in total. The van der Waals surface area contributed by atoms with Crippen molar-refractivity contribution in [1.29, 1.82) is 0 Å². The second kappa shape index (κ2) is 10.4. The van der Waals surface area contributed by atoms with Gasteiger partial charge in [0.25, 0.3) is 0 Å². The summed E-state index contributed by atoms with van der Waals surface area (Å²) < 4.78 is 7.38. The molecule has 9 heteroatoms. The van der Waals surface area contributed by atoms with Crippen molar-refractivity contribution < 1.29 is 9.53 Å². The Kier molecular flexibility index (Phi) is 7.12. The molecule has 0 N–H and O–H groups in total. The SMILES string of the molecule is O=C(Cn1cnnn1)N1CCN(c2ccc(OCCCN3CCCCC3)cc2)CC1. The number of ether oxygens (including phenoxy) is 1. The molecule has 30 heavy (non-hydrogen) atoms. The van der Waals surface area contributed by atoms with Crippen molar-refractivity contribution in [3.05, 3.63) is 30.6 Å². The van der Waals surface area contributed by atoms with Crippen LogP contribution in [0.15, 0.2) is 30.6 Å². The highest BCUT2D eigenvalue weighted by Gasteiger charge is 2.21. The zero-order valence-electron chi connectivity index (χ0n) is 17.5. The number of tetrazole rings is 1. The molecule has 0 radical (unpaired) electrons. The number of anilines is 1. The van der Waals surface area contributed by atoms with Gasteiger partial charge in [0.2, 0.25) is 5.91 Å².